The van der Waals surface area contributed by atoms with Gasteiger partial charge in [-0.25, -0.2) is 0 Å². The average molecular weight is 398 g/mol. The number of thioether (sulfide) groups is 1. The number of rotatable bonds is 8. The SMILES string of the molecule is COc1ccc(Cc2nnc(SCC(=O)Nc3cccc(OC)c3)n2C)cc1. The molecule has 1 amide bonds. The van der Waals surface area contributed by atoms with Crippen LogP contribution in [-0.4, -0.2) is 40.6 Å². The van der Waals surface area contributed by atoms with Gasteiger partial charge in [-0.1, -0.05) is 30.0 Å². The zero-order valence-electron chi connectivity index (χ0n) is 16.0. The Labute approximate surface area is 168 Å². The fraction of sp³-hybridized carbons (Fsp3) is 0.250. The van der Waals surface area contributed by atoms with Crippen molar-refractivity contribution in [3.05, 3.63) is 59.9 Å². The van der Waals surface area contributed by atoms with E-state index in [1.54, 1.807) is 20.3 Å². The molecule has 1 heterocycles. The first kappa shape index (κ1) is 19.8. The maximum absolute atomic E-state index is 12.2. The molecule has 0 fully saturated rings. The van der Waals surface area contributed by atoms with Gasteiger partial charge in [0.1, 0.15) is 17.3 Å². The van der Waals surface area contributed by atoms with E-state index >= 15 is 0 Å². The molecule has 0 saturated heterocycles. The van der Waals surface area contributed by atoms with Crippen LogP contribution in [0.4, 0.5) is 5.69 Å². The molecular weight excluding hydrogens is 376 g/mol. The summed E-state index contributed by atoms with van der Waals surface area (Å²) in [7, 11) is 5.14. The van der Waals surface area contributed by atoms with Crippen molar-refractivity contribution in [1.82, 2.24) is 14.8 Å². The Hall–Kier alpha value is -3.00. The van der Waals surface area contributed by atoms with Crippen molar-refractivity contribution >= 4 is 23.4 Å². The Morgan fingerprint density at radius 3 is 2.54 bits per heavy atom. The second-order valence-corrected chi connectivity index (χ2v) is 6.99. The number of anilines is 1. The Kier molecular flexibility index (Phi) is 6.54. The quantitative estimate of drug-likeness (QED) is 0.587. The van der Waals surface area contributed by atoms with Gasteiger partial charge in [-0.3, -0.25) is 4.79 Å². The summed E-state index contributed by atoms with van der Waals surface area (Å²) >= 11 is 1.35. The molecule has 0 aliphatic heterocycles. The van der Waals surface area contributed by atoms with Crippen LogP contribution in [0.5, 0.6) is 11.5 Å². The fourth-order valence-electron chi connectivity index (χ4n) is 2.58. The molecule has 0 saturated carbocycles. The molecule has 0 unspecified atom stereocenters. The molecule has 0 atom stereocenters. The van der Waals surface area contributed by atoms with E-state index in [0.717, 1.165) is 17.1 Å². The number of methoxy groups -OCH3 is 2. The van der Waals surface area contributed by atoms with Crippen LogP contribution in [0, 0.1) is 0 Å². The molecular formula is C20H22N4O3S. The Morgan fingerprint density at radius 1 is 1.07 bits per heavy atom. The summed E-state index contributed by atoms with van der Waals surface area (Å²) in [6.07, 6.45) is 0.657. The maximum atomic E-state index is 12.2. The second kappa shape index (κ2) is 9.27. The largest absolute Gasteiger partial charge is 0.497 e. The van der Waals surface area contributed by atoms with E-state index < -0.39 is 0 Å². The number of carbonyl (C=O) groups excluding carboxylic acids is 1. The standard InChI is InChI=1S/C20H22N4O3S/c1-24-18(11-14-7-9-16(26-2)10-8-14)22-23-20(24)28-13-19(25)21-15-5-4-6-17(12-15)27-3/h4-10,12H,11,13H2,1-3H3,(H,21,25). The zero-order chi connectivity index (χ0) is 19.9. The van der Waals surface area contributed by atoms with E-state index in [-0.39, 0.29) is 11.7 Å². The monoisotopic (exact) mass is 398 g/mol. The lowest BCUT2D eigenvalue weighted by molar-refractivity contribution is -0.113. The normalized spacial score (nSPS) is 10.5. The molecule has 2 aromatic carbocycles. The molecule has 0 spiro atoms. The summed E-state index contributed by atoms with van der Waals surface area (Å²) in [6.45, 7) is 0. The van der Waals surface area contributed by atoms with Gasteiger partial charge in [-0.2, -0.15) is 0 Å². The summed E-state index contributed by atoms with van der Waals surface area (Å²) in [5, 5.41) is 12.0. The lowest BCUT2D eigenvalue weighted by atomic mass is 10.1. The van der Waals surface area contributed by atoms with Crippen molar-refractivity contribution in [2.45, 2.75) is 11.6 Å². The predicted octanol–water partition coefficient (Wildman–Crippen LogP) is 3.15. The topological polar surface area (TPSA) is 78.3 Å². The predicted molar refractivity (Wildman–Crippen MR) is 109 cm³/mol. The number of hydrogen-bond donors (Lipinski definition) is 1. The fourth-order valence-corrected chi connectivity index (χ4v) is 3.31. The number of hydrogen-bond acceptors (Lipinski definition) is 6. The smallest absolute Gasteiger partial charge is 0.234 e. The van der Waals surface area contributed by atoms with Crippen LogP contribution < -0.4 is 14.8 Å². The molecule has 3 rings (SSSR count). The summed E-state index contributed by atoms with van der Waals surface area (Å²) in [5.41, 5.74) is 1.81. The van der Waals surface area contributed by atoms with Crippen LogP contribution in [0.25, 0.3) is 0 Å². The minimum atomic E-state index is -0.113. The molecule has 1 aromatic heterocycles. The van der Waals surface area contributed by atoms with E-state index in [1.807, 2.05) is 54.1 Å². The van der Waals surface area contributed by atoms with E-state index in [9.17, 15) is 4.79 Å². The Balaban J connectivity index is 1.56. The highest BCUT2D eigenvalue weighted by Gasteiger charge is 2.12. The third kappa shape index (κ3) is 5.04. The Bertz CT molecular complexity index is 941. The van der Waals surface area contributed by atoms with Crippen LogP contribution in [0.1, 0.15) is 11.4 Å². The van der Waals surface area contributed by atoms with Gasteiger partial charge in [0.05, 0.1) is 20.0 Å². The molecule has 3 aromatic rings. The number of aromatic nitrogens is 3. The summed E-state index contributed by atoms with van der Waals surface area (Å²) < 4.78 is 12.2. The molecule has 0 bridgehead atoms. The molecule has 8 heteroatoms. The molecule has 28 heavy (non-hydrogen) atoms. The van der Waals surface area contributed by atoms with Crippen LogP contribution >= 0.6 is 11.8 Å². The third-order valence-corrected chi connectivity index (χ3v) is 5.15. The average Bonchev–Trinajstić information content (AvgIpc) is 3.06. The summed E-state index contributed by atoms with van der Waals surface area (Å²) in [6, 6.07) is 15.1. The number of nitrogens with one attached hydrogen (secondary N) is 1. The van der Waals surface area contributed by atoms with Crippen molar-refractivity contribution in [2.75, 3.05) is 25.3 Å². The van der Waals surface area contributed by atoms with Gasteiger partial charge >= 0.3 is 0 Å². The van der Waals surface area contributed by atoms with Gasteiger partial charge in [0.25, 0.3) is 0 Å². The van der Waals surface area contributed by atoms with Crippen LogP contribution in [0.15, 0.2) is 53.7 Å². The van der Waals surface area contributed by atoms with Crippen molar-refractivity contribution in [2.24, 2.45) is 7.05 Å². The molecule has 0 aliphatic rings. The van der Waals surface area contributed by atoms with Crippen LogP contribution in [-0.2, 0) is 18.3 Å². The molecule has 0 aliphatic carbocycles. The Morgan fingerprint density at radius 2 is 1.82 bits per heavy atom. The van der Waals surface area contributed by atoms with E-state index in [2.05, 4.69) is 15.5 Å². The van der Waals surface area contributed by atoms with Gasteiger partial charge < -0.3 is 19.4 Å². The van der Waals surface area contributed by atoms with Gasteiger partial charge in [0.2, 0.25) is 5.91 Å². The number of ether oxygens (including phenoxy) is 2. The molecule has 146 valence electrons. The van der Waals surface area contributed by atoms with Crippen LogP contribution in [0.2, 0.25) is 0 Å². The van der Waals surface area contributed by atoms with E-state index in [1.165, 1.54) is 11.8 Å². The van der Waals surface area contributed by atoms with Crippen molar-refractivity contribution in [3.8, 4) is 11.5 Å². The second-order valence-electron chi connectivity index (χ2n) is 6.05. The first-order valence-electron chi connectivity index (χ1n) is 8.67. The highest BCUT2D eigenvalue weighted by Crippen LogP contribution is 2.20. The number of carbonyl (C=O) groups is 1. The number of benzene rings is 2. The summed E-state index contributed by atoms with van der Waals surface area (Å²) in [5.74, 6) is 2.48. The zero-order valence-corrected chi connectivity index (χ0v) is 16.8. The molecule has 1 N–H and O–H groups in total. The van der Waals surface area contributed by atoms with Crippen LogP contribution in [0.3, 0.4) is 0 Å². The molecule has 7 nitrogen and oxygen atoms in total. The highest BCUT2D eigenvalue weighted by atomic mass is 32.2. The van der Waals surface area contributed by atoms with Crippen molar-refractivity contribution in [1.29, 1.82) is 0 Å². The first-order chi connectivity index (χ1) is 13.6. The summed E-state index contributed by atoms with van der Waals surface area (Å²) in [4.78, 5) is 12.2. The van der Waals surface area contributed by atoms with Gasteiger partial charge in [-0.15, -0.1) is 10.2 Å². The number of amides is 1. The van der Waals surface area contributed by atoms with Crippen molar-refractivity contribution < 1.29 is 14.3 Å². The lowest BCUT2D eigenvalue weighted by Crippen LogP contribution is -2.14. The van der Waals surface area contributed by atoms with Crippen molar-refractivity contribution in [3.63, 3.8) is 0 Å². The lowest BCUT2D eigenvalue weighted by Gasteiger charge is -2.07. The number of nitrogens with zero attached hydrogens (tertiary/aromatic N) is 3. The van der Waals surface area contributed by atoms with Gasteiger partial charge in [0, 0.05) is 25.2 Å². The first-order valence-corrected chi connectivity index (χ1v) is 9.65. The minimum Gasteiger partial charge on any atom is -0.497 e. The third-order valence-electron chi connectivity index (χ3n) is 4.13. The maximum Gasteiger partial charge on any atom is 0.234 e. The van der Waals surface area contributed by atoms with E-state index in [0.29, 0.717) is 23.0 Å². The minimum absolute atomic E-state index is 0.113. The molecule has 0 radical (unpaired) electrons. The highest BCUT2D eigenvalue weighted by molar-refractivity contribution is 7.99. The van der Waals surface area contributed by atoms with Gasteiger partial charge in [-0.05, 0) is 29.8 Å². The van der Waals surface area contributed by atoms with Gasteiger partial charge in [0.15, 0.2) is 5.16 Å². The van der Waals surface area contributed by atoms with E-state index in [4.69, 9.17) is 9.47 Å².